The molecule has 25 heavy (non-hydrogen) atoms. The number of nitrogens with two attached hydrogens (primary N) is 1. The first-order chi connectivity index (χ1) is 11.1. The molecule has 0 saturated heterocycles. The van der Waals surface area contributed by atoms with Gasteiger partial charge in [0.1, 0.15) is 11.5 Å². The molecule has 4 N–H and O–H groups in total. The molecule has 3 nitrogen and oxygen atoms in total. The molecule has 0 bridgehead atoms. The minimum atomic E-state index is 0. The van der Waals surface area contributed by atoms with Crippen molar-refractivity contribution in [2.24, 2.45) is 28.4 Å². The number of benzene rings is 1. The average molecular weight is 366 g/mol. The Morgan fingerprint density at radius 2 is 1.68 bits per heavy atom. The lowest BCUT2D eigenvalue weighted by atomic mass is 9.43. The van der Waals surface area contributed by atoms with Crippen LogP contribution in [-0.4, -0.2) is 16.3 Å². The molecule has 0 amide bonds. The molecule has 1 aromatic carbocycles. The molecule has 0 aromatic heterocycles. The van der Waals surface area contributed by atoms with Crippen molar-refractivity contribution in [1.82, 2.24) is 0 Å². The number of phenolic OH excluding ortho intramolecular Hbond substituents is 2. The lowest BCUT2D eigenvalue weighted by Gasteiger charge is -2.62. The van der Waals surface area contributed by atoms with Gasteiger partial charge < -0.3 is 15.9 Å². The van der Waals surface area contributed by atoms with Crippen LogP contribution in [0.4, 0.5) is 0 Å². The van der Waals surface area contributed by atoms with Gasteiger partial charge in [0.25, 0.3) is 0 Å². The highest BCUT2D eigenvalue weighted by Gasteiger charge is 2.62. The van der Waals surface area contributed by atoms with Crippen molar-refractivity contribution >= 4 is 12.4 Å². The van der Waals surface area contributed by atoms with E-state index in [-0.39, 0.29) is 46.2 Å². The summed E-state index contributed by atoms with van der Waals surface area (Å²) in [5.74, 6) is 1.60. The Bertz CT molecular complexity index is 703. The lowest BCUT2D eigenvalue weighted by molar-refractivity contribution is -0.107. The molecule has 4 heteroatoms. The third-order valence-corrected chi connectivity index (χ3v) is 8.34. The molecule has 140 valence electrons. The van der Waals surface area contributed by atoms with Crippen LogP contribution in [0.3, 0.4) is 0 Å². The van der Waals surface area contributed by atoms with Gasteiger partial charge in [-0.2, -0.15) is 0 Å². The largest absolute Gasteiger partial charge is 0.508 e. The fourth-order valence-electron chi connectivity index (χ4n) is 7.05. The zero-order valence-electron chi connectivity index (χ0n) is 15.8. The Labute approximate surface area is 157 Å². The predicted octanol–water partition coefficient (Wildman–Crippen LogP) is 4.51. The second-order valence-electron chi connectivity index (χ2n) is 9.74. The first-order valence-electron chi connectivity index (χ1n) is 9.41. The Balaban J connectivity index is 0.00000182. The fraction of sp³-hybridized carbons (Fsp3) is 0.714. The number of hydrogen-bond acceptors (Lipinski definition) is 3. The number of aromatic hydroxyl groups is 2. The standard InChI is InChI=1S/C21H31NO2.ClH/c1-19(2)15-5-7-21(4)16(20(15,3)8-6-17(19)22)10-12-9-13(23)11-14(24)18(12)21;/h9,11,15-17,23-24H,5-8,10,22H2,1-4H3;1H/t15?,16-,17+,20+,21-;/m1./s1. The Kier molecular flexibility index (Phi) is 4.17. The molecule has 5 atom stereocenters. The van der Waals surface area contributed by atoms with E-state index >= 15 is 0 Å². The third kappa shape index (κ3) is 2.28. The number of hydrogen-bond donors (Lipinski definition) is 3. The summed E-state index contributed by atoms with van der Waals surface area (Å²) in [4.78, 5) is 0. The van der Waals surface area contributed by atoms with Crippen molar-refractivity contribution in [3.63, 3.8) is 0 Å². The first-order valence-corrected chi connectivity index (χ1v) is 9.41. The number of rotatable bonds is 0. The highest BCUT2D eigenvalue weighted by molar-refractivity contribution is 5.85. The third-order valence-electron chi connectivity index (χ3n) is 8.34. The summed E-state index contributed by atoms with van der Waals surface area (Å²) in [5.41, 5.74) is 9.16. The van der Waals surface area contributed by atoms with Gasteiger partial charge in [0.05, 0.1) is 0 Å². The normalized spacial score (nSPS) is 41.2. The van der Waals surface area contributed by atoms with Crippen LogP contribution in [0.25, 0.3) is 0 Å². The van der Waals surface area contributed by atoms with E-state index in [9.17, 15) is 10.2 Å². The number of fused-ring (bicyclic) bond motifs is 5. The van der Waals surface area contributed by atoms with Crippen LogP contribution in [0, 0.1) is 22.7 Å². The predicted molar refractivity (Wildman–Crippen MR) is 103 cm³/mol. The first kappa shape index (κ1) is 18.8. The van der Waals surface area contributed by atoms with Crippen LogP contribution < -0.4 is 5.73 Å². The number of halogens is 1. The van der Waals surface area contributed by atoms with Crippen LogP contribution in [0.1, 0.15) is 64.5 Å². The van der Waals surface area contributed by atoms with Gasteiger partial charge in [-0.1, -0.05) is 27.7 Å². The molecular formula is C21H32ClNO2. The zero-order valence-corrected chi connectivity index (χ0v) is 16.6. The van der Waals surface area contributed by atoms with E-state index in [1.807, 2.05) is 6.07 Å². The molecular weight excluding hydrogens is 334 g/mol. The molecule has 0 spiro atoms. The number of phenols is 2. The molecule has 3 aliphatic carbocycles. The molecule has 0 radical (unpaired) electrons. The molecule has 2 saturated carbocycles. The van der Waals surface area contributed by atoms with Gasteiger partial charge >= 0.3 is 0 Å². The Hall–Kier alpha value is -0.930. The Morgan fingerprint density at radius 3 is 2.36 bits per heavy atom. The molecule has 1 unspecified atom stereocenters. The molecule has 3 aliphatic rings. The highest BCUT2D eigenvalue weighted by atomic mass is 35.5. The second-order valence-corrected chi connectivity index (χ2v) is 9.74. The van der Waals surface area contributed by atoms with Crippen molar-refractivity contribution < 1.29 is 10.2 Å². The van der Waals surface area contributed by atoms with Crippen molar-refractivity contribution in [2.45, 2.75) is 71.3 Å². The fourth-order valence-corrected chi connectivity index (χ4v) is 7.05. The molecule has 4 rings (SSSR count). The molecule has 2 fully saturated rings. The van der Waals surface area contributed by atoms with E-state index in [0.717, 1.165) is 30.4 Å². The van der Waals surface area contributed by atoms with E-state index < -0.39 is 0 Å². The Morgan fingerprint density at radius 1 is 1.00 bits per heavy atom. The van der Waals surface area contributed by atoms with E-state index in [4.69, 9.17) is 5.73 Å². The summed E-state index contributed by atoms with van der Waals surface area (Å²) >= 11 is 0. The van der Waals surface area contributed by atoms with E-state index in [1.165, 1.54) is 18.9 Å². The second kappa shape index (κ2) is 5.53. The van der Waals surface area contributed by atoms with Crippen LogP contribution in [0.15, 0.2) is 12.1 Å². The minimum absolute atomic E-state index is 0. The van der Waals surface area contributed by atoms with E-state index in [0.29, 0.717) is 11.8 Å². The van der Waals surface area contributed by atoms with Crippen LogP contribution in [0.5, 0.6) is 11.5 Å². The van der Waals surface area contributed by atoms with E-state index in [1.54, 1.807) is 0 Å². The van der Waals surface area contributed by atoms with Crippen molar-refractivity contribution in [3.05, 3.63) is 23.3 Å². The van der Waals surface area contributed by atoms with Gasteiger partial charge in [-0.15, -0.1) is 12.4 Å². The maximum atomic E-state index is 10.6. The van der Waals surface area contributed by atoms with Crippen molar-refractivity contribution in [1.29, 1.82) is 0 Å². The average Bonchev–Trinajstić information content (AvgIpc) is 2.77. The topological polar surface area (TPSA) is 66.5 Å². The van der Waals surface area contributed by atoms with Crippen LogP contribution >= 0.6 is 12.4 Å². The van der Waals surface area contributed by atoms with Crippen LogP contribution in [-0.2, 0) is 11.8 Å². The smallest absolute Gasteiger partial charge is 0.123 e. The molecule has 0 aliphatic heterocycles. The highest BCUT2D eigenvalue weighted by Crippen LogP contribution is 2.68. The van der Waals surface area contributed by atoms with Gasteiger partial charge in [0.15, 0.2) is 0 Å². The summed E-state index contributed by atoms with van der Waals surface area (Å²) < 4.78 is 0. The maximum Gasteiger partial charge on any atom is 0.123 e. The monoisotopic (exact) mass is 365 g/mol. The van der Waals surface area contributed by atoms with Gasteiger partial charge in [-0.25, -0.2) is 0 Å². The van der Waals surface area contributed by atoms with Crippen molar-refractivity contribution in [3.8, 4) is 11.5 Å². The summed E-state index contributed by atoms with van der Waals surface area (Å²) in [6.07, 6.45) is 5.49. The maximum absolute atomic E-state index is 10.6. The van der Waals surface area contributed by atoms with Gasteiger partial charge in [-0.05, 0) is 66.4 Å². The SMILES string of the molecule is CC1(C)C2CC[C@@]3(C)c4c(O)cc(O)cc4C[C@@H]3[C@@]2(C)CC[C@@H]1N.Cl. The van der Waals surface area contributed by atoms with Crippen LogP contribution in [0.2, 0.25) is 0 Å². The summed E-state index contributed by atoms with van der Waals surface area (Å²) in [6, 6.07) is 3.67. The zero-order chi connectivity index (χ0) is 17.5. The summed E-state index contributed by atoms with van der Waals surface area (Å²) in [5, 5.41) is 20.5. The molecule has 0 heterocycles. The minimum Gasteiger partial charge on any atom is -0.508 e. The van der Waals surface area contributed by atoms with E-state index in [2.05, 4.69) is 27.7 Å². The van der Waals surface area contributed by atoms with Crippen molar-refractivity contribution in [2.75, 3.05) is 0 Å². The summed E-state index contributed by atoms with van der Waals surface area (Å²) in [6.45, 7) is 9.51. The quantitative estimate of drug-likeness (QED) is 0.633. The van der Waals surface area contributed by atoms with Gasteiger partial charge in [-0.3, -0.25) is 0 Å². The van der Waals surface area contributed by atoms with Gasteiger partial charge in [0.2, 0.25) is 0 Å². The summed E-state index contributed by atoms with van der Waals surface area (Å²) in [7, 11) is 0. The van der Waals surface area contributed by atoms with Gasteiger partial charge in [0, 0.05) is 23.1 Å². The lowest BCUT2D eigenvalue weighted by Crippen LogP contribution is -2.60. The molecule has 1 aromatic rings.